The Morgan fingerprint density at radius 1 is 1.47 bits per heavy atom. The molecule has 0 radical (unpaired) electrons. The van der Waals surface area contributed by atoms with Gasteiger partial charge in [-0.05, 0) is 24.5 Å². The first-order chi connectivity index (χ1) is 7.07. The third kappa shape index (κ3) is 4.11. The van der Waals surface area contributed by atoms with E-state index < -0.39 is 10.0 Å². The molecule has 15 heavy (non-hydrogen) atoms. The first-order valence-electron chi connectivity index (χ1n) is 4.33. The number of nitrogens with one attached hydrogen (secondary N) is 1. The summed E-state index contributed by atoms with van der Waals surface area (Å²) in [5.74, 6) is -0.281. The van der Waals surface area contributed by atoms with Crippen LogP contribution in [0.3, 0.4) is 0 Å². The van der Waals surface area contributed by atoms with E-state index in [4.69, 9.17) is 5.11 Å². The fraction of sp³-hybridized carbons (Fsp3) is 0.333. The van der Waals surface area contributed by atoms with E-state index in [2.05, 4.69) is 4.72 Å². The molecular weight excluding hydrogens is 234 g/mol. The van der Waals surface area contributed by atoms with Crippen molar-refractivity contribution in [3.8, 4) is 0 Å². The van der Waals surface area contributed by atoms with Crippen molar-refractivity contribution in [3.63, 3.8) is 0 Å². The molecule has 1 aromatic rings. The number of aliphatic hydroxyl groups is 1. The molecule has 1 rings (SSSR count). The minimum Gasteiger partial charge on any atom is -0.395 e. The molecule has 6 heteroatoms. The van der Waals surface area contributed by atoms with Crippen molar-refractivity contribution in [2.24, 2.45) is 0 Å². The molecule has 0 fully saturated rings. The third-order valence-electron chi connectivity index (χ3n) is 1.70. The number of rotatable bonds is 5. The second-order valence-corrected chi connectivity index (χ2v) is 5.60. The van der Waals surface area contributed by atoms with Crippen molar-refractivity contribution >= 4 is 27.5 Å². The lowest BCUT2D eigenvalue weighted by atomic mass is 10.3. The zero-order valence-corrected chi connectivity index (χ0v) is 9.94. The summed E-state index contributed by atoms with van der Waals surface area (Å²) in [5.41, 5.74) is 0.523. The van der Waals surface area contributed by atoms with Crippen LogP contribution in [-0.4, -0.2) is 32.1 Å². The van der Waals surface area contributed by atoms with E-state index in [0.717, 1.165) is 4.90 Å². The summed E-state index contributed by atoms with van der Waals surface area (Å²) >= 11 is 1.54. The zero-order chi connectivity index (χ0) is 11.3. The van der Waals surface area contributed by atoms with Gasteiger partial charge in [0.2, 0.25) is 10.0 Å². The van der Waals surface area contributed by atoms with Gasteiger partial charge in [-0.25, -0.2) is 8.42 Å². The highest BCUT2D eigenvalue weighted by Gasteiger charge is 2.08. The van der Waals surface area contributed by atoms with Crippen LogP contribution in [0.2, 0.25) is 0 Å². The summed E-state index contributed by atoms with van der Waals surface area (Å²) in [4.78, 5) is 0.985. The smallest absolute Gasteiger partial charge is 0.234 e. The van der Waals surface area contributed by atoms with Gasteiger partial charge in [0.1, 0.15) is 0 Å². The van der Waals surface area contributed by atoms with Gasteiger partial charge in [0.25, 0.3) is 0 Å². The molecule has 84 valence electrons. The van der Waals surface area contributed by atoms with Gasteiger partial charge >= 0.3 is 0 Å². The normalized spacial score (nSPS) is 11.3. The topological polar surface area (TPSA) is 66.4 Å². The molecule has 0 unspecified atom stereocenters. The van der Waals surface area contributed by atoms with E-state index in [1.165, 1.54) is 11.8 Å². The Kier molecular flexibility index (Phi) is 4.44. The van der Waals surface area contributed by atoms with Crippen LogP contribution in [0.1, 0.15) is 0 Å². The largest absolute Gasteiger partial charge is 0.395 e. The number of hydrogen-bond donors (Lipinski definition) is 2. The molecule has 0 aliphatic rings. The molecule has 0 heterocycles. The van der Waals surface area contributed by atoms with Crippen LogP contribution in [0.25, 0.3) is 0 Å². The number of sulfonamides is 1. The molecule has 0 aliphatic carbocycles. The van der Waals surface area contributed by atoms with Gasteiger partial charge in [-0.15, -0.1) is 11.8 Å². The highest BCUT2D eigenvalue weighted by molar-refractivity contribution is 7.98. The Bertz CT molecular complexity index is 417. The lowest BCUT2D eigenvalue weighted by molar-refractivity contribution is 0.320. The van der Waals surface area contributed by atoms with Gasteiger partial charge in [-0.3, -0.25) is 4.72 Å². The molecular formula is C9H13NO3S2. The first kappa shape index (κ1) is 12.4. The van der Waals surface area contributed by atoms with Crippen LogP contribution >= 0.6 is 11.8 Å². The quantitative estimate of drug-likeness (QED) is 0.766. The van der Waals surface area contributed by atoms with Gasteiger partial charge in [0.05, 0.1) is 12.4 Å². The fourth-order valence-corrected chi connectivity index (χ4v) is 2.33. The molecule has 0 saturated carbocycles. The summed E-state index contributed by atoms with van der Waals surface area (Å²) < 4.78 is 25.0. The van der Waals surface area contributed by atoms with Crippen LogP contribution in [0.15, 0.2) is 29.2 Å². The van der Waals surface area contributed by atoms with Crippen molar-refractivity contribution in [3.05, 3.63) is 24.3 Å². The highest BCUT2D eigenvalue weighted by atomic mass is 32.2. The summed E-state index contributed by atoms with van der Waals surface area (Å²) in [6.45, 7) is -0.377. The van der Waals surface area contributed by atoms with E-state index in [-0.39, 0.29) is 12.4 Å². The van der Waals surface area contributed by atoms with E-state index in [0.29, 0.717) is 5.69 Å². The molecule has 0 spiro atoms. The van der Waals surface area contributed by atoms with Crippen molar-refractivity contribution in [1.82, 2.24) is 0 Å². The number of thioether (sulfide) groups is 1. The average molecular weight is 247 g/mol. The maximum atomic E-state index is 11.3. The maximum Gasteiger partial charge on any atom is 0.234 e. The first-order valence-corrected chi connectivity index (χ1v) is 7.20. The van der Waals surface area contributed by atoms with Crippen molar-refractivity contribution in [1.29, 1.82) is 0 Å². The molecule has 0 aromatic heterocycles. The maximum absolute atomic E-state index is 11.3. The Hall–Kier alpha value is -0.720. The molecule has 0 atom stereocenters. The molecule has 1 aromatic carbocycles. The molecule has 4 nitrogen and oxygen atoms in total. The van der Waals surface area contributed by atoms with E-state index in [9.17, 15) is 8.42 Å². The van der Waals surface area contributed by atoms with Crippen molar-refractivity contribution in [2.75, 3.05) is 23.3 Å². The van der Waals surface area contributed by atoms with Crippen LogP contribution in [0.5, 0.6) is 0 Å². The van der Waals surface area contributed by atoms with Gasteiger partial charge < -0.3 is 5.11 Å². The van der Waals surface area contributed by atoms with Gasteiger partial charge in [-0.1, -0.05) is 6.07 Å². The van der Waals surface area contributed by atoms with Gasteiger partial charge in [0, 0.05) is 10.6 Å². The molecule has 0 aliphatic heterocycles. The van der Waals surface area contributed by atoms with Crippen LogP contribution in [0.4, 0.5) is 5.69 Å². The van der Waals surface area contributed by atoms with Crippen LogP contribution in [0, 0.1) is 0 Å². The summed E-state index contributed by atoms with van der Waals surface area (Å²) in [5, 5.41) is 8.56. The minimum atomic E-state index is -3.42. The second-order valence-electron chi connectivity index (χ2n) is 2.88. The third-order valence-corrected chi connectivity index (χ3v) is 3.70. The average Bonchev–Trinajstić information content (AvgIpc) is 2.17. The number of benzene rings is 1. The number of hydrogen-bond acceptors (Lipinski definition) is 4. The van der Waals surface area contributed by atoms with Gasteiger partial charge in [0.15, 0.2) is 0 Å². The van der Waals surface area contributed by atoms with E-state index in [1.807, 2.05) is 12.3 Å². The second kappa shape index (κ2) is 5.39. The Morgan fingerprint density at radius 3 is 2.80 bits per heavy atom. The molecule has 0 saturated heterocycles. The Labute approximate surface area is 93.8 Å². The SMILES string of the molecule is CSc1cccc(NS(=O)(=O)CCO)c1. The standard InChI is InChI=1S/C9H13NO3S2/c1-14-9-4-2-3-8(7-9)10-15(12,13)6-5-11/h2-4,7,10-11H,5-6H2,1H3. The van der Waals surface area contributed by atoms with Gasteiger partial charge in [-0.2, -0.15) is 0 Å². The monoisotopic (exact) mass is 247 g/mol. The highest BCUT2D eigenvalue weighted by Crippen LogP contribution is 2.19. The molecule has 0 bridgehead atoms. The van der Waals surface area contributed by atoms with E-state index in [1.54, 1.807) is 18.2 Å². The predicted molar refractivity (Wildman–Crippen MR) is 62.7 cm³/mol. The fourth-order valence-electron chi connectivity index (χ4n) is 1.04. The predicted octanol–water partition coefficient (Wildman–Crippen LogP) is 1.14. The Balaban J connectivity index is 2.80. The minimum absolute atomic E-state index is 0.281. The molecule has 2 N–H and O–H groups in total. The summed E-state index contributed by atoms with van der Waals surface area (Å²) in [6.07, 6.45) is 1.92. The lowest BCUT2D eigenvalue weighted by Gasteiger charge is -2.07. The lowest BCUT2D eigenvalue weighted by Crippen LogP contribution is -2.18. The summed E-state index contributed by atoms with van der Waals surface area (Å²) in [6, 6.07) is 7.10. The van der Waals surface area contributed by atoms with Crippen molar-refractivity contribution in [2.45, 2.75) is 4.90 Å². The van der Waals surface area contributed by atoms with Crippen molar-refractivity contribution < 1.29 is 13.5 Å². The van der Waals surface area contributed by atoms with Crippen LogP contribution in [-0.2, 0) is 10.0 Å². The molecule has 0 amide bonds. The number of aliphatic hydroxyl groups excluding tert-OH is 1. The summed E-state index contributed by atoms with van der Waals surface area (Å²) in [7, 11) is -3.42. The van der Waals surface area contributed by atoms with E-state index >= 15 is 0 Å². The Morgan fingerprint density at radius 2 is 2.20 bits per heavy atom. The van der Waals surface area contributed by atoms with Crippen LogP contribution < -0.4 is 4.72 Å². The zero-order valence-electron chi connectivity index (χ0n) is 8.30. The number of anilines is 1.